The molecule has 2 aromatic carbocycles. The summed E-state index contributed by atoms with van der Waals surface area (Å²) in [6, 6.07) is 13.3. The lowest BCUT2D eigenvalue weighted by atomic mass is 9.86. The molecule has 4 aromatic rings. The van der Waals surface area contributed by atoms with Crippen LogP contribution in [0, 0.1) is 0 Å². The fraction of sp³-hybridized carbons (Fsp3) is 0.276. The summed E-state index contributed by atoms with van der Waals surface area (Å²) in [6.07, 6.45) is 0.0840. The summed E-state index contributed by atoms with van der Waals surface area (Å²) in [5.74, 6) is 1.26. The molecule has 0 saturated carbocycles. The summed E-state index contributed by atoms with van der Waals surface area (Å²) >= 11 is 0. The molecule has 0 aliphatic carbocycles. The van der Waals surface area contributed by atoms with Gasteiger partial charge in [-0.1, -0.05) is 19.1 Å². The van der Waals surface area contributed by atoms with Crippen LogP contribution < -0.4 is 19.8 Å². The molecule has 5 heterocycles. The standard InChI is InChI=1S/C29H24N2O7/c1-3-29(34)20-10-22-26-18(12-31(22)27(32)19(20)13-36-28(29)33)25(15-5-7-16(8-6-15)35-4-2)17-9-23-24(38-14-37-23)11-21(17)30-26/h5-11,34H,3-4,12-14H2,1-2H3/t29-/m0/s1. The lowest BCUT2D eigenvalue weighted by Gasteiger charge is -2.31. The Kier molecular flexibility index (Phi) is 4.84. The minimum absolute atomic E-state index is 0.0840. The van der Waals surface area contributed by atoms with E-state index in [9.17, 15) is 14.7 Å². The van der Waals surface area contributed by atoms with Crippen molar-refractivity contribution in [3.8, 4) is 39.8 Å². The first-order valence-corrected chi connectivity index (χ1v) is 12.6. The average molecular weight is 513 g/mol. The fourth-order valence-electron chi connectivity index (χ4n) is 5.68. The number of fused-ring (bicyclic) bond motifs is 6. The molecule has 2 aromatic heterocycles. The van der Waals surface area contributed by atoms with Crippen LogP contribution in [0.25, 0.3) is 33.4 Å². The average Bonchev–Trinajstić information content (AvgIpc) is 3.53. The largest absolute Gasteiger partial charge is 0.494 e. The van der Waals surface area contributed by atoms with Gasteiger partial charge in [-0.05, 0) is 48.7 Å². The van der Waals surface area contributed by atoms with E-state index >= 15 is 0 Å². The molecule has 0 spiro atoms. The molecule has 192 valence electrons. The molecule has 0 bridgehead atoms. The summed E-state index contributed by atoms with van der Waals surface area (Å²) < 4.78 is 23.8. The third kappa shape index (κ3) is 3.05. The Morgan fingerprint density at radius 3 is 2.53 bits per heavy atom. The minimum atomic E-state index is -1.88. The van der Waals surface area contributed by atoms with Crippen molar-refractivity contribution < 1.29 is 28.8 Å². The number of ether oxygens (including phenoxy) is 4. The van der Waals surface area contributed by atoms with Crippen molar-refractivity contribution >= 4 is 16.9 Å². The molecule has 7 rings (SSSR count). The Morgan fingerprint density at radius 2 is 1.79 bits per heavy atom. The van der Waals surface area contributed by atoms with E-state index in [2.05, 4.69) is 0 Å². The van der Waals surface area contributed by atoms with Crippen LogP contribution >= 0.6 is 0 Å². The van der Waals surface area contributed by atoms with Gasteiger partial charge in [0.1, 0.15) is 12.4 Å². The van der Waals surface area contributed by atoms with Crippen LogP contribution in [0.2, 0.25) is 0 Å². The van der Waals surface area contributed by atoms with Crippen LogP contribution in [0.3, 0.4) is 0 Å². The maximum atomic E-state index is 13.7. The van der Waals surface area contributed by atoms with Crippen molar-refractivity contribution in [3.05, 3.63) is 69.5 Å². The van der Waals surface area contributed by atoms with Gasteiger partial charge < -0.3 is 28.6 Å². The molecule has 1 N–H and O–H groups in total. The number of carbonyl (C=O) groups is 1. The molecule has 3 aliphatic heterocycles. The smallest absolute Gasteiger partial charge is 0.343 e. The molecule has 3 aliphatic rings. The summed E-state index contributed by atoms with van der Waals surface area (Å²) in [5.41, 5.74) is 2.98. The highest BCUT2D eigenvalue weighted by atomic mass is 16.7. The van der Waals surface area contributed by atoms with Crippen molar-refractivity contribution in [1.82, 2.24) is 9.55 Å². The first-order chi connectivity index (χ1) is 18.4. The fourth-order valence-corrected chi connectivity index (χ4v) is 5.68. The van der Waals surface area contributed by atoms with Crippen LogP contribution in [-0.2, 0) is 28.3 Å². The molecule has 0 unspecified atom stereocenters. The zero-order valence-electron chi connectivity index (χ0n) is 20.9. The predicted molar refractivity (Wildman–Crippen MR) is 137 cm³/mol. The van der Waals surface area contributed by atoms with Gasteiger partial charge in [0, 0.05) is 22.6 Å². The topological polar surface area (TPSA) is 109 Å². The Morgan fingerprint density at radius 1 is 1.03 bits per heavy atom. The van der Waals surface area contributed by atoms with E-state index in [0.29, 0.717) is 40.6 Å². The van der Waals surface area contributed by atoms with E-state index < -0.39 is 11.6 Å². The highest BCUT2D eigenvalue weighted by molar-refractivity contribution is 6.01. The van der Waals surface area contributed by atoms with Crippen molar-refractivity contribution in [3.63, 3.8) is 0 Å². The van der Waals surface area contributed by atoms with Gasteiger partial charge in [-0.3, -0.25) is 4.79 Å². The van der Waals surface area contributed by atoms with Crippen molar-refractivity contribution in [2.24, 2.45) is 0 Å². The number of pyridine rings is 2. The second-order valence-corrected chi connectivity index (χ2v) is 9.60. The Labute approximate surface area is 217 Å². The lowest BCUT2D eigenvalue weighted by molar-refractivity contribution is -0.172. The highest BCUT2D eigenvalue weighted by Crippen LogP contribution is 2.46. The molecule has 0 radical (unpaired) electrons. The number of cyclic esters (lactones) is 1. The van der Waals surface area contributed by atoms with Crippen LogP contribution in [0.1, 0.15) is 37.0 Å². The van der Waals surface area contributed by atoms with Crippen molar-refractivity contribution in [1.29, 1.82) is 0 Å². The zero-order chi connectivity index (χ0) is 26.2. The molecule has 0 fully saturated rings. The van der Waals surface area contributed by atoms with E-state index in [0.717, 1.165) is 27.8 Å². The first kappa shape index (κ1) is 22.8. The van der Waals surface area contributed by atoms with Crippen molar-refractivity contribution in [2.45, 2.75) is 39.0 Å². The second-order valence-electron chi connectivity index (χ2n) is 9.60. The number of carbonyl (C=O) groups excluding carboxylic acids is 1. The molecule has 0 saturated heterocycles. The lowest BCUT2D eigenvalue weighted by Crippen LogP contribution is -2.44. The first-order valence-electron chi connectivity index (χ1n) is 12.6. The van der Waals surface area contributed by atoms with Crippen LogP contribution in [0.4, 0.5) is 0 Å². The number of nitrogens with zero attached hydrogens (tertiary/aromatic N) is 2. The van der Waals surface area contributed by atoms with Crippen LogP contribution in [0.15, 0.2) is 47.3 Å². The van der Waals surface area contributed by atoms with E-state index in [1.54, 1.807) is 17.6 Å². The van der Waals surface area contributed by atoms with Gasteiger partial charge in [0.2, 0.25) is 6.79 Å². The zero-order valence-corrected chi connectivity index (χ0v) is 20.9. The van der Waals surface area contributed by atoms with Crippen LogP contribution in [-0.4, -0.2) is 34.0 Å². The Balaban J connectivity index is 1.51. The van der Waals surface area contributed by atoms with Gasteiger partial charge in [-0.2, -0.15) is 0 Å². The normalized spacial score (nSPS) is 18.7. The Bertz CT molecular complexity index is 1720. The van der Waals surface area contributed by atoms with E-state index in [4.69, 9.17) is 23.9 Å². The second kappa shape index (κ2) is 8.06. The number of benzene rings is 2. The molecule has 9 nitrogen and oxygen atoms in total. The highest BCUT2D eigenvalue weighted by Gasteiger charge is 2.45. The SMILES string of the molecule is CCOc1ccc(-c2c3c(nc4cc5c(cc24)OCO5)-c2cc4c(c(=O)n2C3)COC(=O)[C@]4(O)CC)cc1. The molecule has 9 heteroatoms. The maximum Gasteiger partial charge on any atom is 0.343 e. The van der Waals surface area contributed by atoms with Gasteiger partial charge in [0.05, 0.1) is 35.6 Å². The van der Waals surface area contributed by atoms with Gasteiger partial charge in [0.25, 0.3) is 5.56 Å². The number of aliphatic hydroxyl groups is 1. The third-order valence-electron chi connectivity index (χ3n) is 7.64. The van der Waals surface area contributed by atoms with Crippen LogP contribution in [0.5, 0.6) is 17.2 Å². The molecular weight excluding hydrogens is 488 g/mol. The number of hydrogen-bond donors (Lipinski definition) is 1. The molecule has 1 atom stereocenters. The van der Waals surface area contributed by atoms with E-state index in [1.165, 1.54) is 0 Å². The quantitative estimate of drug-likeness (QED) is 0.362. The number of aromatic nitrogens is 2. The summed E-state index contributed by atoms with van der Waals surface area (Å²) in [6.45, 7) is 4.44. The maximum absolute atomic E-state index is 13.7. The van der Waals surface area contributed by atoms with Gasteiger partial charge in [-0.25, -0.2) is 9.78 Å². The van der Waals surface area contributed by atoms with Gasteiger partial charge in [-0.15, -0.1) is 0 Å². The third-order valence-corrected chi connectivity index (χ3v) is 7.64. The predicted octanol–water partition coefficient (Wildman–Crippen LogP) is 3.87. The number of esters is 1. The number of hydrogen-bond acceptors (Lipinski definition) is 8. The Hall–Kier alpha value is -4.37. The van der Waals surface area contributed by atoms with Crippen molar-refractivity contribution in [2.75, 3.05) is 13.4 Å². The summed E-state index contributed by atoms with van der Waals surface area (Å²) in [5, 5.41) is 12.1. The minimum Gasteiger partial charge on any atom is -0.494 e. The number of rotatable bonds is 4. The molecular formula is C29H24N2O7. The molecule has 38 heavy (non-hydrogen) atoms. The monoisotopic (exact) mass is 512 g/mol. The summed E-state index contributed by atoms with van der Waals surface area (Å²) in [4.78, 5) is 31.2. The summed E-state index contributed by atoms with van der Waals surface area (Å²) in [7, 11) is 0. The van der Waals surface area contributed by atoms with E-state index in [-0.39, 0.29) is 37.5 Å². The molecule has 0 amide bonds. The van der Waals surface area contributed by atoms with Gasteiger partial charge in [0.15, 0.2) is 17.1 Å². The van der Waals surface area contributed by atoms with Gasteiger partial charge >= 0.3 is 5.97 Å². The van der Waals surface area contributed by atoms with E-state index in [1.807, 2.05) is 43.3 Å².